The fourth-order valence-electron chi connectivity index (χ4n) is 3.78. The summed E-state index contributed by atoms with van der Waals surface area (Å²) in [5.74, 6) is 0. The minimum absolute atomic E-state index is 0.342. The summed E-state index contributed by atoms with van der Waals surface area (Å²) in [6.07, 6.45) is 1.03. The van der Waals surface area contributed by atoms with Gasteiger partial charge in [0.05, 0.1) is 6.54 Å². The molecule has 1 heterocycles. The van der Waals surface area contributed by atoms with Gasteiger partial charge in [-0.15, -0.1) is 0 Å². The van der Waals surface area contributed by atoms with Crippen LogP contribution in [0.3, 0.4) is 0 Å². The van der Waals surface area contributed by atoms with E-state index in [-0.39, 0.29) is 0 Å². The summed E-state index contributed by atoms with van der Waals surface area (Å²) < 4.78 is 0. The molecule has 0 N–H and O–H groups in total. The molecule has 4 rings (SSSR count). The van der Waals surface area contributed by atoms with Crippen LogP contribution in [0.5, 0.6) is 0 Å². The van der Waals surface area contributed by atoms with E-state index in [1.807, 2.05) is 0 Å². The second-order valence-corrected chi connectivity index (χ2v) is 6.57. The SMILES string of the molecule is Cc1ccc(C2Cc3ccccc3[C]N2C)c2c(C)cccc12. The molecule has 23 heavy (non-hydrogen) atoms. The van der Waals surface area contributed by atoms with Gasteiger partial charge >= 0.3 is 0 Å². The predicted octanol–water partition coefficient (Wildman–Crippen LogP) is 5.07. The average molecular weight is 299 g/mol. The maximum Gasteiger partial charge on any atom is 0.0968 e. The molecule has 1 unspecified atom stereocenters. The lowest BCUT2D eigenvalue weighted by molar-refractivity contribution is 0.293. The number of fused-ring (bicyclic) bond motifs is 2. The van der Waals surface area contributed by atoms with Crippen molar-refractivity contribution in [1.82, 2.24) is 4.90 Å². The highest BCUT2D eigenvalue weighted by molar-refractivity contribution is 5.91. The van der Waals surface area contributed by atoms with Crippen LogP contribution < -0.4 is 0 Å². The molecule has 1 heteroatoms. The zero-order valence-corrected chi connectivity index (χ0v) is 13.9. The smallest absolute Gasteiger partial charge is 0.0968 e. The second kappa shape index (κ2) is 5.50. The van der Waals surface area contributed by atoms with Gasteiger partial charge in [-0.1, -0.05) is 54.6 Å². The Morgan fingerprint density at radius 2 is 1.74 bits per heavy atom. The maximum absolute atomic E-state index is 3.54. The number of nitrogens with zero attached hydrogens (tertiary/aromatic N) is 1. The standard InChI is InChI=1S/C22H21N/c1-15-11-12-20(22-16(2)7-6-10-19(15)22)21-13-17-8-4-5-9-18(17)14-23(21)3/h4-12,21H,13H2,1-3H3. The Morgan fingerprint density at radius 3 is 2.61 bits per heavy atom. The van der Waals surface area contributed by atoms with Crippen LogP contribution in [-0.4, -0.2) is 11.9 Å². The Balaban J connectivity index is 1.89. The fourth-order valence-corrected chi connectivity index (χ4v) is 3.78. The van der Waals surface area contributed by atoms with Crippen molar-refractivity contribution in [3.8, 4) is 0 Å². The molecule has 0 saturated carbocycles. The average Bonchev–Trinajstić information content (AvgIpc) is 2.56. The van der Waals surface area contributed by atoms with Crippen molar-refractivity contribution in [2.45, 2.75) is 26.3 Å². The number of rotatable bonds is 1. The van der Waals surface area contributed by atoms with Gasteiger partial charge in [0.2, 0.25) is 0 Å². The van der Waals surface area contributed by atoms with Crippen molar-refractivity contribution in [2.75, 3.05) is 7.05 Å². The van der Waals surface area contributed by atoms with Gasteiger partial charge in [0.1, 0.15) is 0 Å². The monoisotopic (exact) mass is 299 g/mol. The third-order valence-corrected chi connectivity index (χ3v) is 5.05. The highest BCUT2D eigenvalue weighted by Crippen LogP contribution is 2.38. The molecule has 3 aromatic rings. The van der Waals surface area contributed by atoms with E-state index >= 15 is 0 Å². The number of likely N-dealkylation sites (N-methyl/N-ethyl adjacent to an activating group) is 1. The topological polar surface area (TPSA) is 3.24 Å². The molecule has 0 saturated heterocycles. The van der Waals surface area contributed by atoms with Crippen molar-refractivity contribution >= 4 is 10.8 Å². The number of aryl methyl sites for hydroxylation is 2. The first-order valence-corrected chi connectivity index (χ1v) is 8.21. The van der Waals surface area contributed by atoms with Crippen LogP contribution in [-0.2, 0) is 6.42 Å². The van der Waals surface area contributed by atoms with E-state index in [9.17, 15) is 0 Å². The summed E-state index contributed by atoms with van der Waals surface area (Å²) in [6, 6.07) is 20.1. The summed E-state index contributed by atoms with van der Waals surface area (Å²) in [5, 5.41) is 2.78. The normalized spacial score (nSPS) is 18.1. The van der Waals surface area contributed by atoms with Crippen molar-refractivity contribution in [2.24, 2.45) is 0 Å². The van der Waals surface area contributed by atoms with Crippen LogP contribution in [0.25, 0.3) is 10.8 Å². The molecule has 2 radical (unpaired) electrons. The third kappa shape index (κ3) is 2.36. The quantitative estimate of drug-likeness (QED) is 0.606. The van der Waals surface area contributed by atoms with Gasteiger partial charge in [-0.25, -0.2) is 0 Å². The lowest BCUT2D eigenvalue weighted by atomic mass is 9.86. The zero-order valence-electron chi connectivity index (χ0n) is 13.9. The molecule has 1 aliphatic heterocycles. The summed E-state index contributed by atoms with van der Waals surface area (Å²) >= 11 is 0. The van der Waals surface area contributed by atoms with Crippen LogP contribution in [0.15, 0.2) is 54.6 Å². The Kier molecular flexibility index (Phi) is 3.46. The first-order chi connectivity index (χ1) is 11.1. The molecule has 0 aromatic heterocycles. The minimum Gasteiger partial charge on any atom is -0.285 e. The molecule has 0 spiro atoms. The minimum atomic E-state index is 0.342. The van der Waals surface area contributed by atoms with E-state index in [2.05, 4.69) is 86.9 Å². The summed E-state index contributed by atoms with van der Waals surface area (Å²) in [7, 11) is 2.14. The highest BCUT2D eigenvalue weighted by atomic mass is 15.1. The Hall–Kier alpha value is -2.12. The van der Waals surface area contributed by atoms with Gasteiger partial charge in [-0.05, 0) is 65.9 Å². The largest absolute Gasteiger partial charge is 0.285 e. The summed E-state index contributed by atoms with van der Waals surface area (Å²) in [5.41, 5.74) is 6.72. The van der Waals surface area contributed by atoms with Gasteiger partial charge in [-0.2, -0.15) is 0 Å². The molecule has 1 nitrogen and oxygen atoms in total. The van der Waals surface area contributed by atoms with Crippen molar-refractivity contribution in [3.63, 3.8) is 0 Å². The molecule has 0 bridgehead atoms. The van der Waals surface area contributed by atoms with Crippen molar-refractivity contribution < 1.29 is 0 Å². The summed E-state index contributed by atoms with van der Waals surface area (Å²) in [6.45, 7) is 7.96. The van der Waals surface area contributed by atoms with Crippen molar-refractivity contribution in [3.05, 3.63) is 89.0 Å². The zero-order chi connectivity index (χ0) is 16.0. The predicted molar refractivity (Wildman–Crippen MR) is 96.4 cm³/mol. The van der Waals surface area contributed by atoms with Crippen LogP contribution in [0.4, 0.5) is 0 Å². The van der Waals surface area contributed by atoms with Crippen LogP contribution >= 0.6 is 0 Å². The van der Waals surface area contributed by atoms with E-state index in [4.69, 9.17) is 0 Å². The van der Waals surface area contributed by atoms with Gasteiger partial charge in [0.15, 0.2) is 0 Å². The molecule has 114 valence electrons. The van der Waals surface area contributed by atoms with E-state index in [1.54, 1.807) is 0 Å². The Bertz CT molecular complexity index is 878. The Labute approximate surface area is 138 Å². The number of hydrogen-bond acceptors (Lipinski definition) is 1. The van der Waals surface area contributed by atoms with Crippen LogP contribution in [0.1, 0.15) is 33.9 Å². The first-order valence-electron chi connectivity index (χ1n) is 8.21. The lowest BCUT2D eigenvalue weighted by Gasteiger charge is -2.34. The molecular formula is C22H21N. The molecule has 0 fully saturated rings. The van der Waals surface area contributed by atoms with Gasteiger partial charge in [0, 0.05) is 6.04 Å². The van der Waals surface area contributed by atoms with Crippen LogP contribution in [0.2, 0.25) is 0 Å². The molecule has 0 amide bonds. The highest BCUT2D eigenvalue weighted by Gasteiger charge is 2.27. The Morgan fingerprint density at radius 1 is 0.913 bits per heavy atom. The first kappa shape index (κ1) is 14.5. The molecule has 1 aliphatic rings. The van der Waals surface area contributed by atoms with E-state index in [1.165, 1.54) is 38.6 Å². The van der Waals surface area contributed by atoms with E-state index < -0.39 is 0 Å². The van der Waals surface area contributed by atoms with E-state index in [0.717, 1.165) is 6.42 Å². The number of benzene rings is 3. The van der Waals surface area contributed by atoms with Gasteiger partial charge < -0.3 is 0 Å². The fraction of sp³-hybridized carbons (Fsp3) is 0.227. The molecule has 1 atom stereocenters. The summed E-state index contributed by atoms with van der Waals surface area (Å²) in [4.78, 5) is 2.25. The lowest BCUT2D eigenvalue weighted by Crippen LogP contribution is -2.29. The molecule has 3 aromatic carbocycles. The third-order valence-electron chi connectivity index (χ3n) is 5.05. The van der Waals surface area contributed by atoms with Crippen molar-refractivity contribution in [1.29, 1.82) is 0 Å². The molecule has 0 aliphatic carbocycles. The number of hydrogen-bond donors (Lipinski definition) is 0. The van der Waals surface area contributed by atoms with Crippen LogP contribution in [0, 0.1) is 20.4 Å². The van der Waals surface area contributed by atoms with Gasteiger partial charge in [0.25, 0.3) is 0 Å². The van der Waals surface area contributed by atoms with Gasteiger partial charge in [-0.3, -0.25) is 4.90 Å². The van der Waals surface area contributed by atoms with E-state index in [0.29, 0.717) is 6.04 Å². The molecular weight excluding hydrogens is 278 g/mol. The maximum atomic E-state index is 3.54. The second-order valence-electron chi connectivity index (χ2n) is 6.57.